The lowest BCUT2D eigenvalue weighted by molar-refractivity contribution is -0.129. The zero-order chi connectivity index (χ0) is 13.3. The molecular formula is C18H24O. The van der Waals surface area contributed by atoms with Crippen LogP contribution in [0.3, 0.4) is 0 Å². The van der Waals surface area contributed by atoms with Crippen LogP contribution in [0.25, 0.3) is 0 Å². The maximum Gasteiger partial charge on any atom is 0.139 e. The van der Waals surface area contributed by atoms with Crippen LogP contribution in [0, 0.1) is 28.6 Å². The maximum absolute atomic E-state index is 12.3. The van der Waals surface area contributed by atoms with Crippen molar-refractivity contribution in [1.82, 2.24) is 0 Å². The van der Waals surface area contributed by atoms with Gasteiger partial charge in [-0.1, -0.05) is 32.1 Å². The second kappa shape index (κ2) is 3.62. The highest BCUT2D eigenvalue weighted by atomic mass is 16.1. The zero-order valence-electron chi connectivity index (χ0n) is 12.1. The molecule has 1 nitrogen and oxygen atoms in total. The highest BCUT2D eigenvalue weighted by Gasteiger charge is 2.58. The summed E-state index contributed by atoms with van der Waals surface area (Å²) in [7, 11) is 0. The second-order valence-corrected chi connectivity index (χ2v) is 7.69. The van der Waals surface area contributed by atoms with Gasteiger partial charge in [-0.25, -0.2) is 0 Å². The summed E-state index contributed by atoms with van der Waals surface area (Å²) in [5, 5.41) is 0. The number of carbonyl (C=O) groups excluding carboxylic acids is 1. The van der Waals surface area contributed by atoms with Gasteiger partial charge in [0.25, 0.3) is 0 Å². The normalized spacial score (nSPS) is 51.6. The molecule has 1 heteroatoms. The minimum absolute atomic E-state index is 0.00575. The minimum Gasteiger partial charge on any atom is -0.299 e. The molecule has 5 atom stereocenters. The van der Waals surface area contributed by atoms with Gasteiger partial charge >= 0.3 is 0 Å². The molecule has 0 aromatic carbocycles. The number of rotatable bonds is 0. The molecule has 0 bridgehead atoms. The Morgan fingerprint density at radius 3 is 2.74 bits per heavy atom. The summed E-state index contributed by atoms with van der Waals surface area (Å²) in [5.74, 6) is 2.65. The van der Waals surface area contributed by atoms with Crippen molar-refractivity contribution in [1.29, 1.82) is 0 Å². The Morgan fingerprint density at radius 1 is 1.11 bits per heavy atom. The first kappa shape index (κ1) is 11.9. The second-order valence-electron chi connectivity index (χ2n) is 7.69. The fourth-order valence-corrected chi connectivity index (χ4v) is 5.72. The third-order valence-corrected chi connectivity index (χ3v) is 7.02. The van der Waals surface area contributed by atoms with E-state index in [-0.39, 0.29) is 5.41 Å². The number of hydrogen-bond donors (Lipinski definition) is 0. The average molecular weight is 256 g/mol. The highest BCUT2D eigenvalue weighted by molar-refractivity contribution is 5.87. The van der Waals surface area contributed by atoms with E-state index in [1.165, 1.54) is 19.3 Å². The molecule has 0 saturated heterocycles. The van der Waals surface area contributed by atoms with Crippen molar-refractivity contribution in [2.24, 2.45) is 28.6 Å². The maximum atomic E-state index is 12.3. The molecular weight excluding hydrogens is 232 g/mol. The van der Waals surface area contributed by atoms with Crippen LogP contribution in [0.15, 0.2) is 23.8 Å². The van der Waals surface area contributed by atoms with Crippen LogP contribution < -0.4 is 0 Å². The molecule has 0 aromatic rings. The summed E-state index contributed by atoms with van der Waals surface area (Å²) < 4.78 is 0. The number of Topliss-reactive ketones (excluding diaryl/α,β-unsaturated/α-hetero) is 1. The molecule has 102 valence electrons. The molecule has 4 aliphatic rings. The standard InChI is InChI=1S/C18H24O/c1-17-9-4-3-5-12(17)11-13-14-6-7-16(19)18(14,2)10-8-15(13)17/h3,5,11,13-15H,4,6-10H2,1-2H3. The fraction of sp³-hybridized carbons (Fsp3) is 0.722. The van der Waals surface area contributed by atoms with Crippen molar-refractivity contribution in [3.8, 4) is 0 Å². The van der Waals surface area contributed by atoms with E-state index in [9.17, 15) is 4.79 Å². The summed E-state index contributed by atoms with van der Waals surface area (Å²) >= 11 is 0. The molecule has 4 rings (SSSR count). The molecule has 0 radical (unpaired) electrons. The Hall–Kier alpha value is -0.850. The van der Waals surface area contributed by atoms with Crippen LogP contribution in [0.1, 0.15) is 52.4 Å². The molecule has 2 saturated carbocycles. The van der Waals surface area contributed by atoms with Crippen LogP contribution in [-0.2, 0) is 4.79 Å². The lowest BCUT2D eigenvalue weighted by Crippen LogP contribution is -2.43. The van der Waals surface area contributed by atoms with Crippen molar-refractivity contribution in [3.63, 3.8) is 0 Å². The summed E-state index contributed by atoms with van der Waals surface area (Å²) in [6.07, 6.45) is 14.2. The van der Waals surface area contributed by atoms with Gasteiger partial charge in [-0.2, -0.15) is 0 Å². The van der Waals surface area contributed by atoms with Crippen molar-refractivity contribution in [3.05, 3.63) is 23.8 Å². The minimum atomic E-state index is 0.00575. The fourth-order valence-electron chi connectivity index (χ4n) is 5.72. The molecule has 0 spiro atoms. The molecule has 4 aliphatic carbocycles. The number of allylic oxidation sites excluding steroid dienone is 4. The summed E-state index contributed by atoms with van der Waals surface area (Å²) in [4.78, 5) is 12.3. The Balaban J connectivity index is 1.76. The number of ketones is 1. The Morgan fingerprint density at radius 2 is 1.89 bits per heavy atom. The Labute approximate surface area is 116 Å². The van der Waals surface area contributed by atoms with Gasteiger partial charge in [-0.3, -0.25) is 4.79 Å². The third kappa shape index (κ3) is 1.34. The van der Waals surface area contributed by atoms with E-state index >= 15 is 0 Å². The summed E-state index contributed by atoms with van der Waals surface area (Å²) in [6, 6.07) is 0. The molecule has 0 heterocycles. The summed E-state index contributed by atoms with van der Waals surface area (Å²) in [6.45, 7) is 4.73. The first-order valence-electron chi connectivity index (χ1n) is 7.98. The molecule has 2 fully saturated rings. The molecule has 5 unspecified atom stereocenters. The molecule has 0 amide bonds. The quantitative estimate of drug-likeness (QED) is 0.631. The Kier molecular flexibility index (Phi) is 2.27. The van der Waals surface area contributed by atoms with Crippen molar-refractivity contribution >= 4 is 5.78 Å². The van der Waals surface area contributed by atoms with Gasteiger partial charge in [0, 0.05) is 11.8 Å². The van der Waals surface area contributed by atoms with Crippen LogP contribution in [0.5, 0.6) is 0 Å². The van der Waals surface area contributed by atoms with Crippen LogP contribution >= 0.6 is 0 Å². The van der Waals surface area contributed by atoms with Gasteiger partial charge in [0.1, 0.15) is 5.78 Å². The van der Waals surface area contributed by atoms with E-state index in [0.717, 1.165) is 25.2 Å². The van der Waals surface area contributed by atoms with E-state index in [2.05, 4.69) is 32.1 Å². The SMILES string of the molecule is CC12CCC3C(C=C4C=CCCC43C)C1CCC2=O. The zero-order valence-corrected chi connectivity index (χ0v) is 12.1. The van der Waals surface area contributed by atoms with Crippen LogP contribution in [0.2, 0.25) is 0 Å². The molecule has 0 aliphatic heterocycles. The van der Waals surface area contributed by atoms with Crippen LogP contribution in [-0.4, -0.2) is 5.78 Å². The molecule has 0 N–H and O–H groups in total. The largest absolute Gasteiger partial charge is 0.299 e. The van der Waals surface area contributed by atoms with Crippen molar-refractivity contribution < 1.29 is 4.79 Å². The van der Waals surface area contributed by atoms with Gasteiger partial charge in [-0.05, 0) is 60.8 Å². The van der Waals surface area contributed by atoms with Gasteiger partial charge in [0.2, 0.25) is 0 Å². The van der Waals surface area contributed by atoms with Crippen molar-refractivity contribution in [2.45, 2.75) is 52.4 Å². The lowest BCUT2D eigenvalue weighted by atomic mass is 9.56. The van der Waals surface area contributed by atoms with Crippen LogP contribution in [0.4, 0.5) is 0 Å². The monoisotopic (exact) mass is 256 g/mol. The average Bonchev–Trinajstić information content (AvgIpc) is 2.85. The Bertz CT molecular complexity index is 500. The van der Waals surface area contributed by atoms with Gasteiger partial charge in [-0.15, -0.1) is 0 Å². The smallest absolute Gasteiger partial charge is 0.139 e. The number of carbonyl (C=O) groups is 1. The van der Waals surface area contributed by atoms with E-state index in [1.807, 2.05) is 0 Å². The van der Waals surface area contributed by atoms with Gasteiger partial charge in [0.05, 0.1) is 0 Å². The lowest BCUT2D eigenvalue weighted by Gasteiger charge is -2.47. The first-order valence-corrected chi connectivity index (χ1v) is 7.98. The predicted octanol–water partition coefficient (Wildman–Crippen LogP) is 4.29. The van der Waals surface area contributed by atoms with Gasteiger partial charge < -0.3 is 0 Å². The number of hydrogen-bond acceptors (Lipinski definition) is 1. The number of fused-ring (bicyclic) bond motifs is 5. The third-order valence-electron chi connectivity index (χ3n) is 7.02. The molecule has 19 heavy (non-hydrogen) atoms. The highest BCUT2D eigenvalue weighted by Crippen LogP contribution is 2.64. The topological polar surface area (TPSA) is 17.1 Å². The van der Waals surface area contributed by atoms with E-state index < -0.39 is 0 Å². The molecule has 0 aromatic heterocycles. The first-order chi connectivity index (χ1) is 9.06. The van der Waals surface area contributed by atoms with E-state index in [0.29, 0.717) is 23.0 Å². The van der Waals surface area contributed by atoms with E-state index in [4.69, 9.17) is 0 Å². The predicted molar refractivity (Wildman–Crippen MR) is 76.6 cm³/mol. The van der Waals surface area contributed by atoms with Crippen molar-refractivity contribution in [2.75, 3.05) is 0 Å². The summed E-state index contributed by atoms with van der Waals surface area (Å²) in [5.41, 5.74) is 2.00. The van der Waals surface area contributed by atoms with Gasteiger partial charge in [0.15, 0.2) is 0 Å². The van der Waals surface area contributed by atoms with E-state index in [1.54, 1.807) is 5.57 Å².